The molecule has 0 aliphatic rings. The first kappa shape index (κ1) is 18.5. The highest BCUT2D eigenvalue weighted by Crippen LogP contribution is 2.23. The first-order valence-electron chi connectivity index (χ1n) is 6.67. The van der Waals surface area contributed by atoms with E-state index in [1.807, 2.05) is 0 Å². The van der Waals surface area contributed by atoms with E-state index in [0.717, 1.165) is 12.1 Å². The number of carbonyl (C=O) groups is 2. The van der Waals surface area contributed by atoms with Crippen LogP contribution in [0.1, 0.15) is 10.4 Å². The molecule has 0 radical (unpaired) electrons. The number of aromatic nitrogens is 1. The number of nitrogens with one attached hydrogen (secondary N) is 1. The minimum Gasteiger partial charge on any atom is -0.452 e. The van der Waals surface area contributed by atoms with E-state index in [1.165, 1.54) is 30.5 Å². The molecule has 0 bridgehead atoms. The summed E-state index contributed by atoms with van der Waals surface area (Å²) in [6.07, 6.45) is -3.60. The number of carbonyl (C=O) groups excluding carboxylic acids is 2. The first-order valence-corrected chi connectivity index (χ1v) is 7.05. The monoisotopic (exact) mass is 374 g/mol. The number of alkyl halides is 3. The van der Waals surface area contributed by atoms with Crippen molar-refractivity contribution in [3.63, 3.8) is 0 Å². The summed E-state index contributed by atoms with van der Waals surface area (Å²) in [5.41, 5.74) is 0.328. The van der Waals surface area contributed by atoms with E-state index >= 15 is 0 Å². The molecular weight excluding hydrogens is 365 g/mol. The van der Waals surface area contributed by atoms with E-state index in [0.29, 0.717) is 0 Å². The fourth-order valence-electron chi connectivity index (χ4n) is 1.65. The predicted octanol–water partition coefficient (Wildman–Crippen LogP) is 3.43. The Bertz CT molecular complexity index is 749. The second-order valence-corrected chi connectivity index (χ2v) is 4.95. The van der Waals surface area contributed by atoms with Crippen molar-refractivity contribution in [3.05, 3.63) is 53.3 Å². The average Bonchev–Trinajstić information content (AvgIpc) is 2.54. The molecule has 10 heteroatoms. The third-order valence-electron chi connectivity index (χ3n) is 2.67. The fraction of sp³-hybridized carbons (Fsp3) is 0.133. The predicted molar refractivity (Wildman–Crippen MR) is 81.3 cm³/mol. The molecule has 1 heterocycles. The molecule has 25 heavy (non-hydrogen) atoms. The molecule has 0 saturated heterocycles. The number of hydrogen-bond donors (Lipinski definition) is 1. The second-order valence-electron chi connectivity index (χ2n) is 4.57. The van der Waals surface area contributed by atoms with Gasteiger partial charge in [-0.1, -0.05) is 11.6 Å². The van der Waals surface area contributed by atoms with Crippen LogP contribution in [0.4, 0.5) is 18.9 Å². The molecule has 0 atom stereocenters. The highest BCUT2D eigenvalue weighted by molar-refractivity contribution is 6.29. The van der Waals surface area contributed by atoms with Gasteiger partial charge in [0, 0.05) is 11.9 Å². The van der Waals surface area contributed by atoms with E-state index in [4.69, 9.17) is 16.3 Å². The molecule has 0 aliphatic heterocycles. The fourth-order valence-corrected chi connectivity index (χ4v) is 1.76. The number of halogens is 4. The van der Waals surface area contributed by atoms with Crippen molar-refractivity contribution in [1.29, 1.82) is 0 Å². The molecular formula is C15H10ClF3N2O4. The zero-order valence-electron chi connectivity index (χ0n) is 12.3. The maximum atomic E-state index is 12.0. The maximum Gasteiger partial charge on any atom is 0.573 e. The molecule has 0 saturated carbocycles. The quantitative estimate of drug-likeness (QED) is 0.641. The van der Waals surface area contributed by atoms with Crippen LogP contribution in [0.2, 0.25) is 5.15 Å². The largest absolute Gasteiger partial charge is 0.573 e. The van der Waals surface area contributed by atoms with Gasteiger partial charge in [-0.3, -0.25) is 4.79 Å². The Kier molecular flexibility index (Phi) is 5.81. The Morgan fingerprint density at radius 2 is 1.80 bits per heavy atom. The lowest BCUT2D eigenvalue weighted by Gasteiger charge is -2.10. The van der Waals surface area contributed by atoms with Crippen LogP contribution in [0.25, 0.3) is 0 Å². The minimum absolute atomic E-state index is 0.117. The third kappa shape index (κ3) is 6.30. The van der Waals surface area contributed by atoms with Crippen molar-refractivity contribution in [2.24, 2.45) is 0 Å². The lowest BCUT2D eigenvalue weighted by atomic mass is 10.3. The van der Waals surface area contributed by atoms with Gasteiger partial charge >= 0.3 is 12.3 Å². The summed E-state index contributed by atoms with van der Waals surface area (Å²) in [5, 5.41) is 2.56. The number of benzene rings is 1. The molecule has 0 spiro atoms. The number of nitrogens with zero attached hydrogens (tertiary/aromatic N) is 1. The summed E-state index contributed by atoms with van der Waals surface area (Å²) in [6.45, 7) is -0.581. The van der Waals surface area contributed by atoms with Crippen LogP contribution in [-0.2, 0) is 9.53 Å². The van der Waals surface area contributed by atoms with Crippen molar-refractivity contribution in [3.8, 4) is 5.75 Å². The zero-order chi connectivity index (χ0) is 18.4. The normalized spacial score (nSPS) is 10.9. The Labute approximate surface area is 144 Å². The maximum absolute atomic E-state index is 12.0. The van der Waals surface area contributed by atoms with E-state index in [9.17, 15) is 22.8 Å². The van der Waals surface area contributed by atoms with Crippen LogP contribution in [0.5, 0.6) is 5.75 Å². The topological polar surface area (TPSA) is 77.5 Å². The Hall–Kier alpha value is -2.81. The van der Waals surface area contributed by atoms with E-state index in [1.54, 1.807) is 0 Å². The van der Waals surface area contributed by atoms with Gasteiger partial charge in [0.2, 0.25) is 0 Å². The number of hydrogen-bond acceptors (Lipinski definition) is 5. The molecule has 1 N–H and O–H groups in total. The number of pyridine rings is 1. The van der Waals surface area contributed by atoms with Crippen LogP contribution in [0.3, 0.4) is 0 Å². The SMILES string of the molecule is O=C(COC(=O)c1ccc(Cl)nc1)Nc1ccc(OC(F)(F)F)cc1. The smallest absolute Gasteiger partial charge is 0.452 e. The highest BCUT2D eigenvalue weighted by atomic mass is 35.5. The van der Waals surface area contributed by atoms with Gasteiger partial charge in [0.1, 0.15) is 10.9 Å². The summed E-state index contributed by atoms with van der Waals surface area (Å²) in [7, 11) is 0. The van der Waals surface area contributed by atoms with Gasteiger partial charge in [-0.25, -0.2) is 9.78 Å². The van der Waals surface area contributed by atoms with Gasteiger partial charge in [-0.2, -0.15) is 0 Å². The van der Waals surface area contributed by atoms with Gasteiger partial charge in [0.05, 0.1) is 5.56 Å². The van der Waals surface area contributed by atoms with Crippen LogP contribution >= 0.6 is 11.6 Å². The van der Waals surface area contributed by atoms with Crippen molar-refractivity contribution in [2.45, 2.75) is 6.36 Å². The number of rotatable bonds is 5. The number of esters is 1. The number of anilines is 1. The second kappa shape index (κ2) is 7.84. The van der Waals surface area contributed by atoms with Gasteiger partial charge in [-0.05, 0) is 36.4 Å². The Morgan fingerprint density at radius 1 is 1.12 bits per heavy atom. The third-order valence-corrected chi connectivity index (χ3v) is 2.89. The van der Waals surface area contributed by atoms with Crippen LogP contribution in [-0.4, -0.2) is 29.8 Å². The van der Waals surface area contributed by atoms with E-state index in [-0.39, 0.29) is 16.4 Å². The molecule has 1 aromatic carbocycles. The zero-order valence-corrected chi connectivity index (χ0v) is 13.1. The summed E-state index contributed by atoms with van der Waals surface area (Å²) < 4.78 is 44.6. The molecule has 2 rings (SSSR count). The molecule has 0 unspecified atom stereocenters. The summed E-state index contributed by atoms with van der Waals surface area (Å²) in [5.74, 6) is -1.86. The number of amides is 1. The molecule has 6 nitrogen and oxygen atoms in total. The molecule has 1 aromatic heterocycles. The lowest BCUT2D eigenvalue weighted by molar-refractivity contribution is -0.274. The molecule has 0 aliphatic carbocycles. The first-order chi connectivity index (χ1) is 11.7. The van der Waals surface area contributed by atoms with Gasteiger partial charge < -0.3 is 14.8 Å². The van der Waals surface area contributed by atoms with E-state index < -0.39 is 30.6 Å². The molecule has 132 valence electrons. The van der Waals surface area contributed by atoms with Gasteiger partial charge in [0.15, 0.2) is 6.61 Å². The van der Waals surface area contributed by atoms with Crippen molar-refractivity contribution >= 4 is 29.2 Å². The molecule has 0 fully saturated rings. The summed E-state index contributed by atoms with van der Waals surface area (Å²) in [4.78, 5) is 27.1. The standard InChI is InChI=1S/C15H10ClF3N2O4/c16-12-6-1-9(7-20-12)14(23)24-8-13(22)21-10-2-4-11(5-3-10)25-15(17,18)19/h1-7H,8H2,(H,21,22). The molecule has 2 aromatic rings. The van der Waals surface area contributed by atoms with Crippen molar-refractivity contribution in [2.75, 3.05) is 11.9 Å². The Morgan fingerprint density at radius 3 is 2.36 bits per heavy atom. The summed E-state index contributed by atoms with van der Waals surface area (Å²) >= 11 is 5.58. The summed E-state index contributed by atoms with van der Waals surface area (Å²) in [6, 6.07) is 7.27. The highest BCUT2D eigenvalue weighted by Gasteiger charge is 2.30. The van der Waals surface area contributed by atoms with Crippen LogP contribution in [0.15, 0.2) is 42.6 Å². The van der Waals surface area contributed by atoms with Crippen LogP contribution < -0.4 is 10.1 Å². The minimum atomic E-state index is -4.80. The van der Waals surface area contributed by atoms with Crippen molar-refractivity contribution in [1.82, 2.24) is 4.98 Å². The van der Waals surface area contributed by atoms with Gasteiger partial charge in [-0.15, -0.1) is 13.2 Å². The average molecular weight is 375 g/mol. The van der Waals surface area contributed by atoms with Gasteiger partial charge in [0.25, 0.3) is 5.91 Å². The lowest BCUT2D eigenvalue weighted by Crippen LogP contribution is -2.21. The molecule has 1 amide bonds. The Balaban J connectivity index is 1.83. The van der Waals surface area contributed by atoms with E-state index in [2.05, 4.69) is 15.0 Å². The van der Waals surface area contributed by atoms with Crippen molar-refractivity contribution < 1.29 is 32.2 Å². The number of ether oxygens (including phenoxy) is 2. The van der Waals surface area contributed by atoms with Crippen LogP contribution in [0, 0.1) is 0 Å².